The lowest BCUT2D eigenvalue weighted by Crippen LogP contribution is -2.41. The van der Waals surface area contributed by atoms with Crippen LogP contribution in [0.25, 0.3) is 0 Å². The van der Waals surface area contributed by atoms with Crippen LogP contribution in [0.5, 0.6) is 5.75 Å². The minimum atomic E-state index is -4.13. The summed E-state index contributed by atoms with van der Waals surface area (Å²) in [5.41, 5.74) is 1.21. The Morgan fingerprint density at radius 1 is 1.06 bits per heavy atom. The van der Waals surface area contributed by atoms with Gasteiger partial charge in [0.1, 0.15) is 18.1 Å². The van der Waals surface area contributed by atoms with E-state index in [1.54, 1.807) is 48.2 Å². The number of carbonyl (C=O) groups is 1. The van der Waals surface area contributed by atoms with E-state index in [-0.39, 0.29) is 10.6 Å². The molecule has 3 rings (SSSR count). The molecule has 0 aliphatic heterocycles. The Morgan fingerprint density at radius 3 is 2.37 bits per heavy atom. The van der Waals surface area contributed by atoms with E-state index in [0.29, 0.717) is 33.8 Å². The molecule has 0 aliphatic rings. The number of ether oxygens (including phenoxy) is 1. The molecule has 6 nitrogen and oxygen atoms in total. The first kappa shape index (κ1) is 27.1. The molecule has 186 valence electrons. The van der Waals surface area contributed by atoms with E-state index < -0.39 is 28.3 Å². The number of amides is 1. The predicted octanol–water partition coefficient (Wildman–Crippen LogP) is 5.39. The molecule has 0 saturated heterocycles. The Labute approximate surface area is 218 Å². The fourth-order valence-corrected chi connectivity index (χ4v) is 5.91. The number of carbonyl (C=O) groups excluding carboxylic acids is 1. The molecule has 3 aromatic rings. The van der Waals surface area contributed by atoms with Crippen molar-refractivity contribution in [3.05, 3.63) is 88.2 Å². The zero-order chi connectivity index (χ0) is 25.4. The highest BCUT2D eigenvalue weighted by atomic mass is 35.5. The van der Waals surface area contributed by atoms with E-state index in [9.17, 15) is 17.6 Å². The molecule has 35 heavy (non-hydrogen) atoms. The second kappa shape index (κ2) is 12.5. The summed E-state index contributed by atoms with van der Waals surface area (Å²) in [4.78, 5) is 12.5. The molecule has 0 aromatic heterocycles. The molecule has 3 aromatic carbocycles. The Kier molecular flexibility index (Phi) is 9.68. The van der Waals surface area contributed by atoms with Crippen molar-refractivity contribution in [2.45, 2.75) is 10.6 Å². The first-order valence-electron chi connectivity index (χ1n) is 10.4. The highest BCUT2D eigenvalue weighted by Gasteiger charge is 2.27. The van der Waals surface area contributed by atoms with E-state index in [0.717, 1.165) is 34.1 Å². The average molecular weight is 557 g/mol. The van der Waals surface area contributed by atoms with E-state index in [2.05, 4.69) is 5.32 Å². The third-order valence-electron chi connectivity index (χ3n) is 4.89. The average Bonchev–Trinajstić information content (AvgIpc) is 2.84. The van der Waals surface area contributed by atoms with Crippen molar-refractivity contribution in [1.82, 2.24) is 5.32 Å². The predicted molar refractivity (Wildman–Crippen MR) is 140 cm³/mol. The molecule has 1 amide bonds. The Hall–Kier alpha value is -2.46. The van der Waals surface area contributed by atoms with Crippen LogP contribution in [0.2, 0.25) is 10.0 Å². The van der Waals surface area contributed by atoms with Gasteiger partial charge in [-0.25, -0.2) is 12.8 Å². The second-order valence-electron chi connectivity index (χ2n) is 7.30. The molecule has 0 saturated carbocycles. The molecular weight excluding hydrogens is 534 g/mol. The Bertz CT molecular complexity index is 1260. The fraction of sp³-hybridized carbons (Fsp3) is 0.208. The van der Waals surface area contributed by atoms with Gasteiger partial charge in [0, 0.05) is 28.1 Å². The van der Waals surface area contributed by atoms with Crippen LogP contribution in [0.3, 0.4) is 0 Å². The number of benzene rings is 3. The van der Waals surface area contributed by atoms with Crippen LogP contribution in [0.4, 0.5) is 10.1 Å². The van der Waals surface area contributed by atoms with Gasteiger partial charge in [-0.3, -0.25) is 9.10 Å². The van der Waals surface area contributed by atoms with Gasteiger partial charge in [-0.2, -0.15) is 11.8 Å². The van der Waals surface area contributed by atoms with Crippen molar-refractivity contribution in [2.75, 3.05) is 30.3 Å². The Morgan fingerprint density at radius 2 is 1.74 bits per heavy atom. The van der Waals surface area contributed by atoms with Gasteiger partial charge in [-0.15, -0.1) is 0 Å². The normalized spacial score (nSPS) is 11.2. The number of hydrogen-bond acceptors (Lipinski definition) is 5. The smallest absolute Gasteiger partial charge is 0.264 e. The number of halogens is 3. The number of thioether (sulfide) groups is 1. The van der Waals surface area contributed by atoms with Gasteiger partial charge >= 0.3 is 0 Å². The van der Waals surface area contributed by atoms with Gasteiger partial charge in [0.05, 0.1) is 17.7 Å². The van der Waals surface area contributed by atoms with Crippen LogP contribution >= 0.6 is 35.0 Å². The topological polar surface area (TPSA) is 75.7 Å². The largest absolute Gasteiger partial charge is 0.497 e. The maximum Gasteiger partial charge on any atom is 0.264 e. The molecule has 0 heterocycles. The molecule has 0 atom stereocenters. The number of rotatable bonds is 11. The Balaban J connectivity index is 1.65. The second-order valence-corrected chi connectivity index (χ2v) is 11.1. The minimum Gasteiger partial charge on any atom is -0.497 e. The number of nitrogens with one attached hydrogen (secondary N) is 1. The lowest BCUT2D eigenvalue weighted by molar-refractivity contribution is -0.119. The third kappa shape index (κ3) is 7.51. The first-order chi connectivity index (χ1) is 16.7. The first-order valence-corrected chi connectivity index (χ1v) is 13.8. The molecule has 11 heteroatoms. The van der Waals surface area contributed by atoms with Gasteiger partial charge in [0.15, 0.2) is 0 Å². The van der Waals surface area contributed by atoms with Crippen molar-refractivity contribution in [3.8, 4) is 5.75 Å². The van der Waals surface area contributed by atoms with Crippen LogP contribution in [-0.2, 0) is 20.6 Å². The van der Waals surface area contributed by atoms with Crippen LogP contribution in [0.1, 0.15) is 5.56 Å². The molecule has 0 unspecified atom stereocenters. The van der Waals surface area contributed by atoms with Crippen molar-refractivity contribution >= 4 is 56.6 Å². The number of anilines is 1. The summed E-state index contributed by atoms with van der Waals surface area (Å²) in [7, 11) is -2.64. The van der Waals surface area contributed by atoms with E-state index in [1.165, 1.54) is 7.11 Å². The monoisotopic (exact) mass is 556 g/mol. The van der Waals surface area contributed by atoms with Gasteiger partial charge in [-0.1, -0.05) is 29.3 Å². The summed E-state index contributed by atoms with van der Waals surface area (Å²) in [6.45, 7) is -0.110. The van der Waals surface area contributed by atoms with Crippen LogP contribution in [0.15, 0.2) is 71.6 Å². The van der Waals surface area contributed by atoms with Gasteiger partial charge in [-0.05, 0) is 66.2 Å². The molecule has 0 fully saturated rings. The quantitative estimate of drug-likeness (QED) is 0.320. The molecule has 1 N–H and O–H groups in total. The van der Waals surface area contributed by atoms with Gasteiger partial charge < -0.3 is 10.1 Å². The van der Waals surface area contributed by atoms with Crippen molar-refractivity contribution < 1.29 is 22.3 Å². The molecule has 0 spiro atoms. The zero-order valence-electron chi connectivity index (χ0n) is 18.7. The molecule has 0 aliphatic carbocycles. The van der Waals surface area contributed by atoms with Crippen LogP contribution in [-0.4, -0.2) is 40.3 Å². The molecule has 0 radical (unpaired) electrons. The fourth-order valence-electron chi connectivity index (χ4n) is 3.07. The van der Waals surface area contributed by atoms with E-state index >= 15 is 0 Å². The number of hydrogen-bond donors (Lipinski definition) is 1. The SMILES string of the molecule is COc1ccc(N(CC(=O)NCCSCc2ccc(Cl)cc2Cl)S(=O)(=O)c2ccc(F)cc2)cc1. The van der Waals surface area contributed by atoms with Crippen molar-refractivity contribution in [3.63, 3.8) is 0 Å². The standard InChI is InChI=1S/C24H23Cl2FN2O4S2/c1-33-21-8-6-20(7-9-21)29(35(31,32)22-10-4-19(27)5-11-22)15-24(30)28-12-13-34-16-17-2-3-18(25)14-23(17)26/h2-11,14H,12-13,15-16H2,1H3,(H,28,30). The van der Waals surface area contributed by atoms with Crippen LogP contribution in [0, 0.1) is 5.82 Å². The van der Waals surface area contributed by atoms with Crippen molar-refractivity contribution in [1.29, 1.82) is 0 Å². The third-order valence-corrected chi connectivity index (χ3v) is 8.27. The van der Waals surface area contributed by atoms with E-state index in [4.69, 9.17) is 27.9 Å². The maximum atomic E-state index is 13.3. The highest BCUT2D eigenvalue weighted by Crippen LogP contribution is 2.26. The van der Waals surface area contributed by atoms with Gasteiger partial charge in [0.25, 0.3) is 10.0 Å². The lowest BCUT2D eigenvalue weighted by Gasteiger charge is -2.24. The lowest BCUT2D eigenvalue weighted by atomic mass is 10.2. The summed E-state index contributed by atoms with van der Waals surface area (Å²) in [5.74, 6) is 0.739. The summed E-state index contributed by atoms with van der Waals surface area (Å²) >= 11 is 13.6. The number of sulfonamides is 1. The minimum absolute atomic E-state index is 0.127. The summed E-state index contributed by atoms with van der Waals surface area (Å²) in [6.07, 6.45) is 0. The summed E-state index contributed by atoms with van der Waals surface area (Å²) < 4.78 is 46.0. The van der Waals surface area contributed by atoms with Gasteiger partial charge in [0.2, 0.25) is 5.91 Å². The molecular formula is C24H23Cl2FN2O4S2. The molecule has 0 bridgehead atoms. The number of nitrogens with zero attached hydrogens (tertiary/aromatic N) is 1. The van der Waals surface area contributed by atoms with E-state index in [1.807, 2.05) is 6.07 Å². The summed E-state index contributed by atoms with van der Waals surface area (Å²) in [6, 6.07) is 16.0. The maximum absolute atomic E-state index is 13.3. The highest BCUT2D eigenvalue weighted by molar-refractivity contribution is 7.98. The zero-order valence-corrected chi connectivity index (χ0v) is 21.9. The summed E-state index contributed by atoms with van der Waals surface area (Å²) in [5, 5.41) is 3.89. The van der Waals surface area contributed by atoms with Crippen molar-refractivity contribution in [2.24, 2.45) is 0 Å². The van der Waals surface area contributed by atoms with Crippen LogP contribution < -0.4 is 14.4 Å². The number of methoxy groups -OCH3 is 1.